The lowest BCUT2D eigenvalue weighted by Gasteiger charge is -2.11. The van der Waals surface area contributed by atoms with Gasteiger partial charge in [0.05, 0.1) is 25.1 Å². The van der Waals surface area contributed by atoms with Gasteiger partial charge < -0.3 is 14.8 Å². The summed E-state index contributed by atoms with van der Waals surface area (Å²) in [4.78, 5) is 25.2. The fourth-order valence-electron chi connectivity index (χ4n) is 3.09. The van der Waals surface area contributed by atoms with Gasteiger partial charge >= 0.3 is 0 Å². The fourth-order valence-corrected chi connectivity index (χ4v) is 3.09. The molecule has 7 nitrogen and oxygen atoms in total. The molecule has 0 spiro atoms. The number of methoxy groups -OCH3 is 2. The van der Waals surface area contributed by atoms with Crippen molar-refractivity contribution in [2.45, 2.75) is 19.9 Å². The number of nitrogens with one attached hydrogen (secondary N) is 1. The Balaban J connectivity index is 1.78. The molecule has 0 aliphatic heterocycles. The highest BCUT2D eigenvalue weighted by Gasteiger charge is 2.17. The number of carbonyl (C=O) groups is 1. The van der Waals surface area contributed by atoms with Crippen LogP contribution in [0.15, 0.2) is 41.2 Å². The second-order valence-electron chi connectivity index (χ2n) is 6.35. The summed E-state index contributed by atoms with van der Waals surface area (Å²) in [6.07, 6.45) is 0.524. The fraction of sp³-hybridized carbons (Fsp3) is 0.286. The maximum atomic E-state index is 13.6. The van der Waals surface area contributed by atoms with Crippen molar-refractivity contribution in [1.82, 2.24) is 15.1 Å². The molecule has 2 aromatic carbocycles. The van der Waals surface area contributed by atoms with E-state index in [9.17, 15) is 14.0 Å². The number of halogens is 1. The molecule has 1 heterocycles. The SMILES string of the molecule is CCn1nc(C(=O)NCCc2ccc(OC)c(OC)c2)c(=O)c2cc(F)ccc21. The highest BCUT2D eigenvalue weighted by molar-refractivity contribution is 5.95. The molecule has 3 rings (SSSR count). The first kappa shape index (κ1) is 20.3. The lowest BCUT2D eigenvalue weighted by Crippen LogP contribution is -2.33. The van der Waals surface area contributed by atoms with Gasteiger partial charge in [-0.25, -0.2) is 4.39 Å². The van der Waals surface area contributed by atoms with Crippen molar-refractivity contribution in [2.24, 2.45) is 0 Å². The smallest absolute Gasteiger partial charge is 0.275 e. The molecule has 0 saturated heterocycles. The van der Waals surface area contributed by atoms with Crippen molar-refractivity contribution in [3.8, 4) is 11.5 Å². The number of aryl methyl sites for hydroxylation is 1. The van der Waals surface area contributed by atoms with Crippen molar-refractivity contribution >= 4 is 16.8 Å². The summed E-state index contributed by atoms with van der Waals surface area (Å²) in [5.74, 6) is 0.0838. The van der Waals surface area contributed by atoms with Crippen molar-refractivity contribution in [3.05, 3.63) is 63.7 Å². The van der Waals surface area contributed by atoms with E-state index in [0.717, 1.165) is 11.6 Å². The number of rotatable bonds is 7. The lowest BCUT2D eigenvalue weighted by atomic mass is 10.1. The number of ether oxygens (including phenoxy) is 2. The van der Waals surface area contributed by atoms with E-state index in [0.29, 0.717) is 36.5 Å². The summed E-state index contributed by atoms with van der Waals surface area (Å²) in [6.45, 7) is 2.57. The Labute approximate surface area is 167 Å². The van der Waals surface area contributed by atoms with Crippen LogP contribution in [0.1, 0.15) is 23.0 Å². The van der Waals surface area contributed by atoms with Crippen LogP contribution in [0, 0.1) is 5.82 Å². The minimum absolute atomic E-state index is 0.131. The number of aromatic nitrogens is 2. The zero-order chi connectivity index (χ0) is 21.0. The lowest BCUT2D eigenvalue weighted by molar-refractivity contribution is 0.0946. The molecule has 0 aliphatic carbocycles. The quantitative estimate of drug-likeness (QED) is 0.660. The molecule has 1 aromatic heterocycles. The summed E-state index contributed by atoms with van der Waals surface area (Å²) in [5.41, 5.74) is 0.577. The molecule has 0 saturated carbocycles. The second kappa shape index (κ2) is 8.72. The van der Waals surface area contributed by atoms with Gasteiger partial charge in [-0.05, 0) is 49.2 Å². The zero-order valence-corrected chi connectivity index (χ0v) is 16.5. The van der Waals surface area contributed by atoms with Crippen molar-refractivity contribution in [1.29, 1.82) is 0 Å². The molecule has 0 radical (unpaired) electrons. The van der Waals surface area contributed by atoms with E-state index in [1.165, 1.54) is 16.8 Å². The van der Waals surface area contributed by atoms with Gasteiger partial charge in [-0.2, -0.15) is 5.10 Å². The van der Waals surface area contributed by atoms with Crippen LogP contribution in [0.4, 0.5) is 4.39 Å². The van der Waals surface area contributed by atoms with Crippen molar-refractivity contribution in [2.75, 3.05) is 20.8 Å². The van der Waals surface area contributed by atoms with Gasteiger partial charge in [0.25, 0.3) is 5.91 Å². The molecule has 8 heteroatoms. The third-order valence-corrected chi connectivity index (χ3v) is 4.58. The largest absolute Gasteiger partial charge is 0.493 e. The van der Waals surface area contributed by atoms with Gasteiger partial charge in [-0.3, -0.25) is 14.3 Å². The first-order valence-electron chi connectivity index (χ1n) is 9.18. The molecule has 1 amide bonds. The van der Waals surface area contributed by atoms with E-state index in [2.05, 4.69) is 10.4 Å². The van der Waals surface area contributed by atoms with Crippen LogP contribution in [0.2, 0.25) is 0 Å². The molecular formula is C21H22FN3O4. The van der Waals surface area contributed by atoms with Gasteiger partial charge in [0.1, 0.15) is 5.82 Å². The number of benzene rings is 2. The number of hydrogen-bond donors (Lipinski definition) is 1. The minimum Gasteiger partial charge on any atom is -0.493 e. The monoisotopic (exact) mass is 399 g/mol. The average molecular weight is 399 g/mol. The third-order valence-electron chi connectivity index (χ3n) is 4.58. The van der Waals surface area contributed by atoms with E-state index >= 15 is 0 Å². The first-order chi connectivity index (χ1) is 14.0. The maximum absolute atomic E-state index is 13.6. The molecule has 3 aromatic rings. The Hall–Kier alpha value is -3.42. The highest BCUT2D eigenvalue weighted by atomic mass is 19.1. The summed E-state index contributed by atoms with van der Waals surface area (Å²) in [6, 6.07) is 9.36. The van der Waals surface area contributed by atoms with Gasteiger partial charge in [0, 0.05) is 13.1 Å². The predicted octanol–water partition coefficient (Wildman–Crippen LogP) is 2.55. The van der Waals surface area contributed by atoms with Gasteiger partial charge in [-0.15, -0.1) is 0 Å². The van der Waals surface area contributed by atoms with Crippen LogP contribution >= 0.6 is 0 Å². The van der Waals surface area contributed by atoms with E-state index in [1.807, 2.05) is 19.1 Å². The Morgan fingerprint density at radius 3 is 2.59 bits per heavy atom. The molecule has 0 fully saturated rings. The molecule has 0 aliphatic rings. The van der Waals surface area contributed by atoms with Gasteiger partial charge in [0.15, 0.2) is 17.2 Å². The Kier molecular flexibility index (Phi) is 6.11. The van der Waals surface area contributed by atoms with Gasteiger partial charge in [0.2, 0.25) is 5.43 Å². The van der Waals surface area contributed by atoms with Gasteiger partial charge in [-0.1, -0.05) is 6.07 Å². The Morgan fingerprint density at radius 2 is 1.90 bits per heavy atom. The predicted molar refractivity (Wildman–Crippen MR) is 107 cm³/mol. The van der Waals surface area contributed by atoms with Crippen LogP contribution in [-0.4, -0.2) is 36.5 Å². The summed E-state index contributed by atoms with van der Waals surface area (Å²) in [7, 11) is 3.11. The summed E-state index contributed by atoms with van der Waals surface area (Å²) < 4.78 is 25.6. The summed E-state index contributed by atoms with van der Waals surface area (Å²) >= 11 is 0. The molecule has 152 valence electrons. The van der Waals surface area contributed by atoms with Crippen LogP contribution in [0.3, 0.4) is 0 Å². The Morgan fingerprint density at radius 1 is 1.14 bits per heavy atom. The highest BCUT2D eigenvalue weighted by Crippen LogP contribution is 2.27. The Bertz CT molecular complexity index is 1110. The molecule has 0 atom stereocenters. The zero-order valence-electron chi connectivity index (χ0n) is 16.5. The number of nitrogens with zero attached hydrogens (tertiary/aromatic N) is 2. The maximum Gasteiger partial charge on any atom is 0.275 e. The molecule has 0 unspecified atom stereocenters. The standard InChI is InChI=1S/C21H22FN3O4/c1-4-25-16-7-6-14(22)12-15(16)20(26)19(24-25)21(27)23-10-9-13-5-8-17(28-2)18(11-13)29-3/h5-8,11-12H,4,9-10H2,1-3H3,(H,23,27). The van der Waals surface area contributed by atoms with E-state index in [1.54, 1.807) is 20.3 Å². The normalized spacial score (nSPS) is 10.8. The number of hydrogen-bond acceptors (Lipinski definition) is 5. The van der Waals surface area contributed by atoms with Crippen molar-refractivity contribution in [3.63, 3.8) is 0 Å². The van der Waals surface area contributed by atoms with Crippen LogP contribution in [-0.2, 0) is 13.0 Å². The molecule has 29 heavy (non-hydrogen) atoms. The molecule has 0 bridgehead atoms. The first-order valence-corrected chi connectivity index (χ1v) is 9.18. The van der Waals surface area contributed by atoms with Crippen molar-refractivity contribution < 1.29 is 18.7 Å². The minimum atomic E-state index is -0.594. The second-order valence-corrected chi connectivity index (χ2v) is 6.35. The van der Waals surface area contributed by atoms with E-state index in [-0.39, 0.29) is 11.1 Å². The van der Waals surface area contributed by atoms with Crippen LogP contribution in [0.25, 0.3) is 10.9 Å². The van der Waals surface area contributed by atoms with Crippen LogP contribution < -0.4 is 20.2 Å². The topological polar surface area (TPSA) is 82.5 Å². The molecular weight excluding hydrogens is 377 g/mol. The van der Waals surface area contributed by atoms with E-state index in [4.69, 9.17) is 9.47 Å². The van der Waals surface area contributed by atoms with E-state index < -0.39 is 17.2 Å². The summed E-state index contributed by atoms with van der Waals surface area (Å²) in [5, 5.41) is 6.99. The molecule has 1 N–H and O–H groups in total. The average Bonchev–Trinajstić information content (AvgIpc) is 2.74. The number of carbonyl (C=O) groups excluding carboxylic acids is 1. The number of fused-ring (bicyclic) bond motifs is 1. The third kappa shape index (κ3) is 4.21. The van der Waals surface area contributed by atoms with Crippen LogP contribution in [0.5, 0.6) is 11.5 Å². The number of amides is 1.